The zero-order chi connectivity index (χ0) is 58.2. The first kappa shape index (κ1) is 65.6. The lowest BCUT2D eigenvalue weighted by atomic mass is 9.93. The van der Waals surface area contributed by atoms with Crippen molar-refractivity contribution in [2.75, 3.05) is 39.6 Å². The van der Waals surface area contributed by atoms with Gasteiger partial charge in [-0.25, -0.2) is 0 Å². The maximum absolute atomic E-state index is 13.0. The van der Waals surface area contributed by atoms with E-state index in [4.69, 9.17) is 47.4 Å². The number of ether oxygens (including phenoxy) is 10. The van der Waals surface area contributed by atoms with E-state index in [9.17, 15) is 101 Å². The number of aliphatic hydroxyl groups is 16. The van der Waals surface area contributed by atoms with Gasteiger partial charge in [-0.05, 0) is 6.92 Å². The third-order valence-electron chi connectivity index (χ3n) is 13.6. The highest BCUT2D eigenvalue weighted by Gasteiger charge is 2.57. The highest BCUT2D eigenvalue weighted by molar-refractivity contribution is 5.74. The zero-order valence-electron chi connectivity index (χ0n) is 42.9. The number of carbonyl (C=O) groups is 4. The molecule has 0 aromatic carbocycles. The Labute approximate surface area is 444 Å². The Morgan fingerprint density at radius 2 is 0.897 bits per heavy atom. The molecule has 78 heavy (non-hydrogen) atoms. The average Bonchev–Trinajstić information content (AvgIpc) is 3.40. The fraction of sp³-hybridized carbons (Fsp3) is 0.909. The molecule has 0 aromatic rings. The molecule has 0 unspecified atom stereocenters. The van der Waals surface area contributed by atoms with Crippen LogP contribution in [0, 0.1) is 0 Å². The van der Waals surface area contributed by atoms with Crippen LogP contribution in [0.2, 0.25) is 0 Å². The van der Waals surface area contributed by atoms with Crippen molar-refractivity contribution >= 4 is 23.6 Å². The van der Waals surface area contributed by atoms with E-state index in [1.807, 2.05) is 0 Å². The summed E-state index contributed by atoms with van der Waals surface area (Å²) in [6.45, 7) is -0.619. The molecule has 452 valence electrons. The minimum atomic E-state index is -2.35. The molecule has 5 fully saturated rings. The molecule has 34 nitrogen and oxygen atoms in total. The van der Waals surface area contributed by atoms with Crippen LogP contribution >= 0.6 is 0 Å². The molecule has 5 aliphatic heterocycles. The van der Waals surface area contributed by atoms with Gasteiger partial charge in [-0.1, -0.05) is 0 Å². The molecule has 5 saturated heterocycles. The molecule has 4 amide bonds. The van der Waals surface area contributed by atoms with Gasteiger partial charge in [-0.2, -0.15) is 0 Å². The van der Waals surface area contributed by atoms with Crippen LogP contribution in [-0.4, -0.2) is 323 Å². The fourth-order valence-electron chi connectivity index (χ4n) is 9.58. The van der Waals surface area contributed by atoms with E-state index in [0.29, 0.717) is 0 Å². The SMILES string of the molecule is CC(=O)N[C@H]1[C@H](OC[C@@H](O)[C@H](O)[C@H](O[C@@H]2O[C@H](CO)[C@@H](O[C@@H]3O[C@H](CO)[C@H](O)[C@H](O)[C@H]3O)[C@H](O[C@@H]3O[C@@H](C)[C@@H](O)[C@@H](O)[C@@H]3O)[C@H]2NC(C)=O)[C@H](CO)NC(C)=O)O[C@H](CO)[C@@H](O[C@@H]2O[C@H](CO)[C@H](O)[C@H](O)[C@H]2NC(C)=O)[C@@H]1O. The second-order valence-electron chi connectivity index (χ2n) is 19.5. The number of hydrogen-bond donors (Lipinski definition) is 20. The summed E-state index contributed by atoms with van der Waals surface area (Å²) < 4.78 is 58.7. The number of hydrogen-bond acceptors (Lipinski definition) is 30. The standard InChI is InChI=1S/C44H76N4O30/c1-12-26(59)32(65)34(67)43(70-12)78-39-25(48-16(5)57)42(74-22(10-53)38(39)77-44-35(68)33(66)29(62)20(8-51)72-44)75-36(17(6-49)45-13(2)54)27(60)18(58)11-69-40-24(47-15(4)56)31(64)37(21(9-52)73-40)76-41-23(46-14(3)55)30(63)28(61)19(7-50)71-41/h12,17-44,49-53,58-68H,6-11H2,1-5H3,(H,45,54)(H,46,55)(H,47,56)(H,48,57)/t12-,17-,18+,19+,20+,21+,22+,23+,24+,25+,26+,27-,28-,29-,30+,31+,32+,33-,34-,35+,36+,37+,38+,39+,40+,41-,42-,43-,44-/m0/s1. The topological polar surface area (TPSA) is 532 Å². The van der Waals surface area contributed by atoms with Crippen molar-refractivity contribution in [1.82, 2.24) is 21.3 Å². The van der Waals surface area contributed by atoms with E-state index in [1.54, 1.807) is 0 Å². The highest BCUT2D eigenvalue weighted by Crippen LogP contribution is 2.36. The quantitative estimate of drug-likeness (QED) is 0.0452. The molecule has 0 bridgehead atoms. The van der Waals surface area contributed by atoms with E-state index >= 15 is 0 Å². The molecule has 0 spiro atoms. The molecule has 5 rings (SSSR count). The van der Waals surface area contributed by atoms with Crippen molar-refractivity contribution < 1.29 is 148 Å². The molecular weight excluding hydrogens is 1060 g/mol. The van der Waals surface area contributed by atoms with E-state index in [2.05, 4.69) is 21.3 Å². The van der Waals surface area contributed by atoms with E-state index in [-0.39, 0.29) is 0 Å². The van der Waals surface area contributed by atoms with E-state index in [1.165, 1.54) is 6.92 Å². The van der Waals surface area contributed by atoms with Gasteiger partial charge in [0.1, 0.15) is 134 Å². The van der Waals surface area contributed by atoms with Crippen LogP contribution in [0.1, 0.15) is 34.6 Å². The van der Waals surface area contributed by atoms with Crippen LogP contribution in [-0.2, 0) is 66.5 Å². The van der Waals surface area contributed by atoms with Crippen molar-refractivity contribution in [3.63, 3.8) is 0 Å². The molecule has 5 heterocycles. The summed E-state index contributed by atoms with van der Waals surface area (Å²) in [5, 5.41) is 182. The Kier molecular flexibility index (Phi) is 24.6. The van der Waals surface area contributed by atoms with Gasteiger partial charge < -0.3 is 150 Å². The fourth-order valence-corrected chi connectivity index (χ4v) is 9.58. The number of carbonyl (C=O) groups excluding carboxylic acids is 4. The molecule has 34 heteroatoms. The Balaban J connectivity index is 1.46. The van der Waals surface area contributed by atoms with Crippen LogP contribution in [0.3, 0.4) is 0 Å². The molecular formula is C44H76N4O30. The Hall–Kier alpha value is -3.16. The second kappa shape index (κ2) is 29.2. The van der Waals surface area contributed by atoms with Gasteiger partial charge >= 0.3 is 0 Å². The summed E-state index contributed by atoms with van der Waals surface area (Å²) in [5.41, 5.74) is 0. The van der Waals surface area contributed by atoms with Gasteiger partial charge in [0.25, 0.3) is 0 Å². The van der Waals surface area contributed by atoms with Gasteiger partial charge in [0, 0.05) is 27.7 Å². The molecule has 29 atom stereocenters. The van der Waals surface area contributed by atoms with Crippen LogP contribution in [0.15, 0.2) is 0 Å². The maximum Gasteiger partial charge on any atom is 0.217 e. The van der Waals surface area contributed by atoms with Crippen molar-refractivity contribution in [3.8, 4) is 0 Å². The summed E-state index contributed by atoms with van der Waals surface area (Å²) in [7, 11) is 0. The maximum atomic E-state index is 13.0. The molecule has 0 aliphatic carbocycles. The van der Waals surface area contributed by atoms with Crippen LogP contribution < -0.4 is 21.3 Å². The predicted octanol–water partition coefficient (Wildman–Crippen LogP) is -12.9. The largest absolute Gasteiger partial charge is 0.394 e. The van der Waals surface area contributed by atoms with Gasteiger partial charge in [-0.15, -0.1) is 0 Å². The van der Waals surface area contributed by atoms with E-state index in [0.717, 1.165) is 27.7 Å². The average molecular weight is 1140 g/mol. The van der Waals surface area contributed by atoms with Gasteiger partial charge in [0.15, 0.2) is 31.5 Å². The normalized spacial score (nSPS) is 42.9. The Morgan fingerprint density at radius 1 is 0.462 bits per heavy atom. The number of rotatable bonds is 23. The van der Waals surface area contributed by atoms with Crippen LogP contribution in [0.4, 0.5) is 0 Å². The third-order valence-corrected chi connectivity index (χ3v) is 13.6. The predicted molar refractivity (Wildman–Crippen MR) is 246 cm³/mol. The first-order valence-corrected chi connectivity index (χ1v) is 24.9. The molecule has 20 N–H and O–H groups in total. The third kappa shape index (κ3) is 15.5. The molecule has 5 aliphatic rings. The van der Waals surface area contributed by atoms with Gasteiger partial charge in [-0.3, -0.25) is 19.2 Å². The minimum Gasteiger partial charge on any atom is -0.394 e. The second-order valence-corrected chi connectivity index (χ2v) is 19.5. The first-order valence-electron chi connectivity index (χ1n) is 24.9. The first-order chi connectivity index (χ1) is 36.7. The van der Waals surface area contributed by atoms with Gasteiger partial charge in [0.2, 0.25) is 23.6 Å². The number of amides is 4. The highest BCUT2D eigenvalue weighted by atomic mass is 16.8. The van der Waals surface area contributed by atoms with Crippen LogP contribution in [0.25, 0.3) is 0 Å². The van der Waals surface area contributed by atoms with Crippen molar-refractivity contribution in [1.29, 1.82) is 0 Å². The Bertz CT molecular complexity index is 1920. The summed E-state index contributed by atoms with van der Waals surface area (Å²) in [6.07, 6.45) is -46.7. The Morgan fingerprint density at radius 3 is 1.42 bits per heavy atom. The van der Waals surface area contributed by atoms with E-state index < -0.39 is 241 Å². The lowest BCUT2D eigenvalue weighted by molar-refractivity contribution is -0.377. The number of aliphatic hydroxyl groups excluding tert-OH is 16. The monoisotopic (exact) mass is 1140 g/mol. The van der Waals surface area contributed by atoms with Crippen LogP contribution in [0.5, 0.6) is 0 Å². The minimum absolute atomic E-state index is 0.728. The molecule has 0 aromatic heterocycles. The zero-order valence-corrected chi connectivity index (χ0v) is 42.9. The van der Waals surface area contributed by atoms with Crippen molar-refractivity contribution in [2.24, 2.45) is 0 Å². The lowest BCUT2D eigenvalue weighted by Gasteiger charge is -2.51. The lowest BCUT2D eigenvalue weighted by Crippen LogP contribution is -2.71. The van der Waals surface area contributed by atoms with Gasteiger partial charge in [0.05, 0.1) is 51.8 Å². The number of nitrogens with one attached hydrogen (secondary N) is 4. The molecule has 0 saturated carbocycles. The van der Waals surface area contributed by atoms with Crippen molar-refractivity contribution in [3.05, 3.63) is 0 Å². The summed E-state index contributed by atoms with van der Waals surface area (Å²) in [6, 6.07) is -6.80. The smallest absolute Gasteiger partial charge is 0.217 e. The molecule has 0 radical (unpaired) electrons. The summed E-state index contributed by atoms with van der Waals surface area (Å²) in [5.74, 6) is -3.29. The summed E-state index contributed by atoms with van der Waals surface area (Å²) in [4.78, 5) is 50.2. The van der Waals surface area contributed by atoms with Crippen molar-refractivity contribution in [2.45, 2.75) is 212 Å². The summed E-state index contributed by atoms with van der Waals surface area (Å²) >= 11 is 0.